The molecule has 0 saturated heterocycles. The maximum Gasteiger partial charge on any atom is 0.500 e. The smallest absolute Gasteiger partial charge is 0.377 e. The standard InChI is InChI=1S/C13H29ClO3SSi/c1-15-19(16-2,17-3)12-8-6-10-13(18)9-5-4-7-11-14/h13,18H,4-12H2,1-3H3. The molecule has 0 radical (unpaired) electrons. The SMILES string of the molecule is CO[Si](CCCCC(S)CCCCCCl)(OC)OC. The molecular weight excluding hydrogens is 300 g/mol. The Hall–Kier alpha value is 0.737. The molecule has 0 saturated carbocycles. The first-order chi connectivity index (χ1) is 9.14. The summed E-state index contributed by atoms with van der Waals surface area (Å²) in [7, 11) is 2.63. The van der Waals surface area contributed by atoms with Crippen molar-refractivity contribution in [2.24, 2.45) is 0 Å². The van der Waals surface area contributed by atoms with E-state index in [1.165, 1.54) is 19.3 Å². The first-order valence-corrected chi connectivity index (χ1v) is 10.0. The molecule has 0 aliphatic heterocycles. The van der Waals surface area contributed by atoms with Gasteiger partial charge in [0.05, 0.1) is 0 Å². The van der Waals surface area contributed by atoms with Crippen molar-refractivity contribution in [1.29, 1.82) is 0 Å². The maximum absolute atomic E-state index is 5.65. The van der Waals surface area contributed by atoms with Crippen LogP contribution in [0.5, 0.6) is 0 Å². The van der Waals surface area contributed by atoms with Crippen LogP contribution >= 0.6 is 24.2 Å². The van der Waals surface area contributed by atoms with E-state index in [0.29, 0.717) is 5.25 Å². The van der Waals surface area contributed by atoms with Crippen molar-refractivity contribution in [3.05, 3.63) is 0 Å². The van der Waals surface area contributed by atoms with Gasteiger partial charge in [-0.3, -0.25) is 0 Å². The summed E-state index contributed by atoms with van der Waals surface area (Å²) in [4.78, 5) is 0. The molecule has 0 spiro atoms. The van der Waals surface area contributed by atoms with E-state index in [0.717, 1.165) is 37.6 Å². The van der Waals surface area contributed by atoms with Crippen molar-refractivity contribution < 1.29 is 13.3 Å². The van der Waals surface area contributed by atoms with Crippen molar-refractivity contribution in [3.63, 3.8) is 0 Å². The Kier molecular flexibility index (Phi) is 13.0. The van der Waals surface area contributed by atoms with E-state index >= 15 is 0 Å². The van der Waals surface area contributed by atoms with Gasteiger partial charge in [-0.2, -0.15) is 12.6 Å². The Morgan fingerprint density at radius 1 is 0.895 bits per heavy atom. The van der Waals surface area contributed by atoms with Crippen molar-refractivity contribution >= 4 is 33.0 Å². The molecule has 0 bridgehead atoms. The second-order valence-electron chi connectivity index (χ2n) is 4.73. The minimum atomic E-state index is -2.37. The van der Waals surface area contributed by atoms with E-state index in [-0.39, 0.29) is 0 Å². The van der Waals surface area contributed by atoms with Gasteiger partial charge < -0.3 is 13.3 Å². The van der Waals surface area contributed by atoms with Crippen molar-refractivity contribution in [2.45, 2.75) is 56.2 Å². The Morgan fingerprint density at radius 2 is 1.42 bits per heavy atom. The minimum Gasteiger partial charge on any atom is -0.377 e. The normalized spacial score (nSPS) is 13.7. The highest BCUT2D eigenvalue weighted by atomic mass is 35.5. The molecule has 0 aromatic carbocycles. The van der Waals surface area contributed by atoms with Crippen molar-refractivity contribution in [1.82, 2.24) is 0 Å². The van der Waals surface area contributed by atoms with Gasteiger partial charge in [-0.15, -0.1) is 11.6 Å². The molecule has 1 unspecified atom stereocenters. The van der Waals surface area contributed by atoms with E-state index < -0.39 is 8.80 Å². The number of alkyl halides is 1. The second kappa shape index (κ2) is 12.5. The molecule has 0 aliphatic carbocycles. The van der Waals surface area contributed by atoms with Crippen LogP contribution in [0.15, 0.2) is 0 Å². The van der Waals surface area contributed by atoms with E-state index in [2.05, 4.69) is 12.6 Å². The molecule has 0 fully saturated rings. The summed E-state index contributed by atoms with van der Waals surface area (Å²) in [5, 5.41) is 0.499. The number of hydrogen-bond donors (Lipinski definition) is 1. The van der Waals surface area contributed by atoms with Crippen LogP contribution in [0.4, 0.5) is 0 Å². The molecule has 19 heavy (non-hydrogen) atoms. The Labute approximate surface area is 130 Å². The molecular formula is C13H29ClO3SSi. The topological polar surface area (TPSA) is 27.7 Å². The summed E-state index contributed by atoms with van der Waals surface area (Å²) in [5.74, 6) is 0.773. The van der Waals surface area contributed by atoms with Gasteiger partial charge in [0.15, 0.2) is 0 Å². The lowest BCUT2D eigenvalue weighted by Crippen LogP contribution is -2.42. The van der Waals surface area contributed by atoms with Crippen LogP contribution in [0.3, 0.4) is 0 Å². The first-order valence-electron chi connectivity index (χ1n) is 7.03. The highest BCUT2D eigenvalue weighted by Crippen LogP contribution is 2.20. The quantitative estimate of drug-likeness (QED) is 0.238. The van der Waals surface area contributed by atoms with Crippen LogP contribution in [-0.4, -0.2) is 41.3 Å². The molecule has 0 aromatic rings. The zero-order valence-corrected chi connectivity index (χ0v) is 15.1. The zero-order valence-electron chi connectivity index (χ0n) is 12.5. The Bertz CT molecular complexity index is 198. The van der Waals surface area contributed by atoms with Crippen LogP contribution in [0, 0.1) is 0 Å². The van der Waals surface area contributed by atoms with Crippen LogP contribution in [-0.2, 0) is 13.3 Å². The molecule has 0 rings (SSSR count). The zero-order chi connectivity index (χ0) is 14.6. The molecule has 0 heterocycles. The number of rotatable bonds is 13. The molecule has 0 aliphatic rings. The van der Waals surface area contributed by atoms with Crippen LogP contribution in [0.25, 0.3) is 0 Å². The number of halogens is 1. The fourth-order valence-corrected chi connectivity index (χ4v) is 4.42. The van der Waals surface area contributed by atoms with Crippen LogP contribution in [0.2, 0.25) is 6.04 Å². The van der Waals surface area contributed by atoms with Gasteiger partial charge in [0.2, 0.25) is 0 Å². The van der Waals surface area contributed by atoms with Crippen LogP contribution < -0.4 is 0 Å². The summed E-state index contributed by atoms with van der Waals surface area (Å²) in [5.41, 5.74) is 0. The van der Waals surface area contributed by atoms with Gasteiger partial charge in [0, 0.05) is 38.5 Å². The first kappa shape index (κ1) is 19.7. The fourth-order valence-electron chi connectivity index (χ4n) is 2.07. The molecule has 1 atom stereocenters. The lowest BCUT2D eigenvalue weighted by atomic mass is 10.1. The average Bonchev–Trinajstić information content (AvgIpc) is 2.45. The highest BCUT2D eigenvalue weighted by Gasteiger charge is 2.36. The average molecular weight is 329 g/mol. The Balaban J connectivity index is 3.61. The summed E-state index contributed by atoms with van der Waals surface area (Å²) >= 11 is 10.3. The molecule has 3 nitrogen and oxygen atoms in total. The van der Waals surface area contributed by atoms with Gasteiger partial charge in [0.1, 0.15) is 0 Å². The highest BCUT2D eigenvalue weighted by molar-refractivity contribution is 7.80. The summed E-state index contributed by atoms with van der Waals surface area (Å²) < 4.78 is 16.2. The lowest BCUT2D eigenvalue weighted by Gasteiger charge is -2.24. The molecule has 0 N–H and O–H groups in total. The predicted octanol–water partition coefficient (Wildman–Crippen LogP) is 4.13. The van der Waals surface area contributed by atoms with E-state index in [4.69, 9.17) is 24.9 Å². The third kappa shape index (κ3) is 9.32. The van der Waals surface area contributed by atoms with E-state index in [1.54, 1.807) is 21.3 Å². The predicted molar refractivity (Wildman–Crippen MR) is 87.4 cm³/mol. The van der Waals surface area contributed by atoms with Gasteiger partial charge in [-0.1, -0.05) is 19.3 Å². The fraction of sp³-hybridized carbons (Fsp3) is 1.00. The third-order valence-corrected chi connectivity index (χ3v) is 6.99. The molecule has 116 valence electrons. The van der Waals surface area contributed by atoms with E-state index in [1.807, 2.05) is 0 Å². The Morgan fingerprint density at radius 3 is 1.89 bits per heavy atom. The van der Waals surface area contributed by atoms with E-state index in [9.17, 15) is 0 Å². The monoisotopic (exact) mass is 328 g/mol. The second-order valence-corrected chi connectivity index (χ2v) is 8.93. The van der Waals surface area contributed by atoms with Crippen molar-refractivity contribution in [2.75, 3.05) is 27.2 Å². The number of unbranched alkanes of at least 4 members (excludes halogenated alkanes) is 3. The molecule has 0 amide bonds. The van der Waals surface area contributed by atoms with Gasteiger partial charge in [-0.25, -0.2) is 0 Å². The van der Waals surface area contributed by atoms with Gasteiger partial charge in [-0.05, 0) is 25.7 Å². The van der Waals surface area contributed by atoms with Gasteiger partial charge >= 0.3 is 8.80 Å². The van der Waals surface area contributed by atoms with Crippen molar-refractivity contribution in [3.8, 4) is 0 Å². The molecule has 0 aromatic heterocycles. The maximum atomic E-state index is 5.65. The summed E-state index contributed by atoms with van der Waals surface area (Å²) in [6.07, 6.45) is 8.11. The lowest BCUT2D eigenvalue weighted by molar-refractivity contribution is 0.122. The van der Waals surface area contributed by atoms with Gasteiger partial charge in [0.25, 0.3) is 0 Å². The number of hydrogen-bond acceptors (Lipinski definition) is 4. The molecule has 6 heteroatoms. The third-order valence-electron chi connectivity index (χ3n) is 3.37. The largest absolute Gasteiger partial charge is 0.500 e. The minimum absolute atomic E-state index is 0.499. The summed E-state index contributed by atoms with van der Waals surface area (Å²) in [6.45, 7) is 0. The van der Waals surface area contributed by atoms with Crippen LogP contribution in [0.1, 0.15) is 44.9 Å². The summed E-state index contributed by atoms with van der Waals surface area (Å²) in [6, 6.07) is 0.878. The number of thiol groups is 1.